The number of carbonyl (C=O) groups excluding carboxylic acids is 2. The zero-order valence-corrected chi connectivity index (χ0v) is 11.8. The number of alkyl carbamates (subject to hydrolysis) is 1. The van der Waals surface area contributed by atoms with Crippen LogP contribution >= 0.6 is 0 Å². The number of aliphatic hydroxyl groups excluding tert-OH is 1. The largest absolute Gasteiger partial charge is 0.444 e. The Kier molecular flexibility index (Phi) is 5.17. The summed E-state index contributed by atoms with van der Waals surface area (Å²) in [5.74, 6) is -0.288. The Labute approximate surface area is 113 Å². The molecule has 4 N–H and O–H groups in total. The second kappa shape index (κ2) is 6.23. The molecule has 0 aromatic carbocycles. The van der Waals surface area contributed by atoms with Gasteiger partial charge in [0, 0.05) is 5.92 Å². The summed E-state index contributed by atoms with van der Waals surface area (Å²) in [5, 5.41) is 11.9. The molecule has 6 heteroatoms. The predicted octanol–water partition coefficient (Wildman–Crippen LogP) is 0.774. The van der Waals surface area contributed by atoms with Crippen LogP contribution in [0.4, 0.5) is 4.79 Å². The number of primary amides is 1. The van der Waals surface area contributed by atoms with Gasteiger partial charge in [-0.1, -0.05) is 0 Å². The lowest BCUT2D eigenvalue weighted by molar-refractivity contribution is -0.127. The summed E-state index contributed by atoms with van der Waals surface area (Å²) in [6.07, 6.45) is 1.69. The minimum absolute atomic E-state index is 0.130. The van der Waals surface area contributed by atoms with E-state index in [1.807, 2.05) is 0 Å². The highest BCUT2D eigenvalue weighted by Crippen LogP contribution is 2.37. The lowest BCUT2D eigenvalue weighted by atomic mass is 9.70. The van der Waals surface area contributed by atoms with Crippen LogP contribution in [0.3, 0.4) is 0 Å². The summed E-state index contributed by atoms with van der Waals surface area (Å²) in [7, 11) is 0. The SMILES string of the molecule is CC(C)(C)OC(=O)NC(CO)C[C@@H]1CC[C@H]1C(N)=O. The summed E-state index contributed by atoms with van der Waals surface area (Å²) in [4.78, 5) is 22.7. The molecule has 1 saturated carbocycles. The average Bonchev–Trinajstić information content (AvgIpc) is 2.18. The number of carbonyl (C=O) groups is 2. The van der Waals surface area contributed by atoms with E-state index in [1.165, 1.54) is 0 Å². The fourth-order valence-corrected chi connectivity index (χ4v) is 2.24. The standard InChI is InChI=1S/C13H24N2O4/c1-13(2,3)19-12(18)15-9(7-16)6-8-4-5-10(8)11(14)17/h8-10,16H,4-7H2,1-3H3,(H2,14,17)(H,15,18)/t8-,9?,10+/m0/s1. The Bertz CT molecular complexity index is 338. The number of hydrogen-bond acceptors (Lipinski definition) is 4. The Balaban J connectivity index is 2.42. The number of aliphatic hydroxyl groups is 1. The summed E-state index contributed by atoms with van der Waals surface area (Å²) in [6, 6.07) is -0.401. The third-order valence-corrected chi connectivity index (χ3v) is 3.31. The first kappa shape index (κ1) is 15.8. The molecule has 19 heavy (non-hydrogen) atoms. The van der Waals surface area contributed by atoms with E-state index < -0.39 is 17.7 Å². The van der Waals surface area contributed by atoms with Crippen LogP contribution in [-0.4, -0.2) is 35.4 Å². The van der Waals surface area contributed by atoms with Gasteiger partial charge in [0.15, 0.2) is 0 Å². The topological polar surface area (TPSA) is 102 Å². The molecule has 0 aromatic rings. The number of ether oxygens (including phenoxy) is 1. The molecule has 1 fully saturated rings. The number of hydrogen-bond donors (Lipinski definition) is 3. The van der Waals surface area contributed by atoms with E-state index >= 15 is 0 Å². The van der Waals surface area contributed by atoms with Crippen LogP contribution < -0.4 is 11.1 Å². The van der Waals surface area contributed by atoms with Gasteiger partial charge in [0.25, 0.3) is 0 Å². The van der Waals surface area contributed by atoms with E-state index in [0.29, 0.717) is 6.42 Å². The van der Waals surface area contributed by atoms with Gasteiger partial charge in [0.2, 0.25) is 5.91 Å². The van der Waals surface area contributed by atoms with Gasteiger partial charge in [-0.05, 0) is 46.0 Å². The molecule has 0 radical (unpaired) electrons. The molecule has 110 valence electrons. The molecule has 0 bridgehead atoms. The molecule has 3 atom stereocenters. The number of nitrogens with one attached hydrogen (secondary N) is 1. The fraction of sp³-hybridized carbons (Fsp3) is 0.846. The summed E-state index contributed by atoms with van der Waals surface area (Å²) >= 11 is 0. The normalized spacial score (nSPS) is 24.2. The molecule has 6 nitrogen and oxygen atoms in total. The zero-order valence-electron chi connectivity index (χ0n) is 11.8. The van der Waals surface area contributed by atoms with Crippen molar-refractivity contribution in [3.63, 3.8) is 0 Å². The molecule has 0 spiro atoms. The Morgan fingerprint density at radius 2 is 2.05 bits per heavy atom. The summed E-state index contributed by atoms with van der Waals surface area (Å²) in [6.45, 7) is 5.14. The molecule has 1 unspecified atom stereocenters. The van der Waals surface area contributed by atoms with Crippen LogP contribution in [0.2, 0.25) is 0 Å². The molecular weight excluding hydrogens is 248 g/mol. The maximum absolute atomic E-state index is 11.6. The molecule has 0 saturated heterocycles. The molecule has 2 amide bonds. The van der Waals surface area contributed by atoms with E-state index in [1.54, 1.807) is 20.8 Å². The quantitative estimate of drug-likeness (QED) is 0.688. The molecule has 0 heterocycles. The highest BCUT2D eigenvalue weighted by Gasteiger charge is 2.36. The molecular formula is C13H24N2O4. The highest BCUT2D eigenvalue weighted by molar-refractivity contribution is 5.77. The minimum Gasteiger partial charge on any atom is -0.444 e. The van der Waals surface area contributed by atoms with Gasteiger partial charge in [0.1, 0.15) is 5.60 Å². The molecule has 1 aliphatic rings. The van der Waals surface area contributed by atoms with Crippen molar-refractivity contribution in [2.75, 3.05) is 6.61 Å². The third kappa shape index (κ3) is 5.06. The van der Waals surface area contributed by atoms with Gasteiger partial charge in [-0.25, -0.2) is 4.79 Å². The zero-order chi connectivity index (χ0) is 14.6. The summed E-state index contributed by atoms with van der Waals surface area (Å²) in [5.41, 5.74) is 4.70. The van der Waals surface area contributed by atoms with Crippen molar-refractivity contribution in [3.05, 3.63) is 0 Å². The van der Waals surface area contributed by atoms with Crippen LogP contribution in [0.1, 0.15) is 40.0 Å². The van der Waals surface area contributed by atoms with Gasteiger partial charge in [-0.15, -0.1) is 0 Å². The summed E-state index contributed by atoms with van der Waals surface area (Å²) < 4.78 is 5.12. The second-order valence-electron chi connectivity index (χ2n) is 6.11. The second-order valence-corrected chi connectivity index (χ2v) is 6.11. The first-order valence-electron chi connectivity index (χ1n) is 6.62. The fourth-order valence-electron chi connectivity index (χ4n) is 2.24. The van der Waals surface area contributed by atoms with Gasteiger partial charge in [-0.3, -0.25) is 4.79 Å². The monoisotopic (exact) mass is 272 g/mol. The Hall–Kier alpha value is -1.30. The highest BCUT2D eigenvalue weighted by atomic mass is 16.6. The van der Waals surface area contributed by atoms with Crippen LogP contribution in [0.5, 0.6) is 0 Å². The van der Waals surface area contributed by atoms with Crippen molar-refractivity contribution in [1.82, 2.24) is 5.32 Å². The third-order valence-electron chi connectivity index (χ3n) is 3.31. The van der Waals surface area contributed by atoms with Gasteiger partial charge < -0.3 is 20.9 Å². The Morgan fingerprint density at radius 3 is 2.42 bits per heavy atom. The van der Waals surface area contributed by atoms with E-state index in [4.69, 9.17) is 10.5 Å². The van der Waals surface area contributed by atoms with Crippen LogP contribution in [0, 0.1) is 11.8 Å². The molecule has 0 aromatic heterocycles. The lowest BCUT2D eigenvalue weighted by Gasteiger charge is -2.36. The molecule has 0 aliphatic heterocycles. The van der Waals surface area contributed by atoms with E-state index in [-0.39, 0.29) is 24.3 Å². The van der Waals surface area contributed by atoms with Crippen molar-refractivity contribution in [2.24, 2.45) is 17.6 Å². The van der Waals surface area contributed by atoms with Crippen molar-refractivity contribution in [3.8, 4) is 0 Å². The van der Waals surface area contributed by atoms with Crippen molar-refractivity contribution in [1.29, 1.82) is 0 Å². The smallest absolute Gasteiger partial charge is 0.407 e. The number of nitrogens with two attached hydrogens (primary N) is 1. The van der Waals surface area contributed by atoms with Crippen molar-refractivity contribution < 1.29 is 19.4 Å². The minimum atomic E-state index is -0.573. The van der Waals surface area contributed by atoms with E-state index in [2.05, 4.69) is 5.32 Å². The van der Waals surface area contributed by atoms with E-state index in [0.717, 1.165) is 12.8 Å². The lowest BCUT2D eigenvalue weighted by Crippen LogP contribution is -2.45. The van der Waals surface area contributed by atoms with Gasteiger partial charge in [-0.2, -0.15) is 0 Å². The first-order chi connectivity index (χ1) is 8.73. The van der Waals surface area contributed by atoms with Crippen LogP contribution in [-0.2, 0) is 9.53 Å². The van der Waals surface area contributed by atoms with Crippen LogP contribution in [0.15, 0.2) is 0 Å². The molecule has 1 rings (SSSR count). The van der Waals surface area contributed by atoms with E-state index in [9.17, 15) is 14.7 Å². The van der Waals surface area contributed by atoms with Crippen molar-refractivity contribution >= 4 is 12.0 Å². The Morgan fingerprint density at radius 1 is 1.42 bits per heavy atom. The number of rotatable bonds is 5. The first-order valence-corrected chi connectivity index (χ1v) is 6.62. The molecule has 1 aliphatic carbocycles. The number of amides is 2. The predicted molar refractivity (Wildman–Crippen MR) is 70.3 cm³/mol. The van der Waals surface area contributed by atoms with Gasteiger partial charge in [0.05, 0.1) is 12.6 Å². The van der Waals surface area contributed by atoms with Gasteiger partial charge >= 0.3 is 6.09 Å². The average molecular weight is 272 g/mol. The van der Waals surface area contributed by atoms with Crippen LogP contribution in [0.25, 0.3) is 0 Å². The maximum atomic E-state index is 11.6. The van der Waals surface area contributed by atoms with Crippen molar-refractivity contribution in [2.45, 2.75) is 51.7 Å². The maximum Gasteiger partial charge on any atom is 0.407 e.